The Kier molecular flexibility index (Phi) is 5.43. The summed E-state index contributed by atoms with van der Waals surface area (Å²) in [6, 6.07) is 19.6. The lowest BCUT2D eigenvalue weighted by Crippen LogP contribution is -2.44. The summed E-state index contributed by atoms with van der Waals surface area (Å²) in [6.07, 6.45) is 1.82. The molecule has 5 heteroatoms. The van der Waals surface area contributed by atoms with Crippen molar-refractivity contribution in [2.24, 2.45) is 4.99 Å². The summed E-state index contributed by atoms with van der Waals surface area (Å²) in [5.74, 6) is -0.350. The van der Waals surface area contributed by atoms with Crippen LogP contribution in [0.3, 0.4) is 0 Å². The first-order chi connectivity index (χ1) is 12.2. The van der Waals surface area contributed by atoms with E-state index in [1.165, 1.54) is 11.8 Å². The molecule has 4 nitrogen and oxygen atoms in total. The third kappa shape index (κ3) is 3.56. The minimum Gasteiger partial charge on any atom is -0.464 e. The Morgan fingerprint density at radius 1 is 1.16 bits per heavy atom. The number of hydrogen-bond acceptors (Lipinski definition) is 5. The Morgan fingerprint density at radius 3 is 2.40 bits per heavy atom. The van der Waals surface area contributed by atoms with Gasteiger partial charge in [0.25, 0.3) is 0 Å². The highest BCUT2D eigenvalue weighted by Gasteiger charge is 2.54. The monoisotopic (exact) mass is 355 g/mol. The average molecular weight is 355 g/mol. The Balaban J connectivity index is 2.08. The van der Waals surface area contributed by atoms with Crippen molar-refractivity contribution in [2.45, 2.75) is 25.0 Å². The van der Waals surface area contributed by atoms with Crippen LogP contribution in [0.15, 0.2) is 65.7 Å². The molecule has 130 valence electrons. The number of aliphatic imine (C=N–C) groups is 1. The summed E-state index contributed by atoms with van der Waals surface area (Å²) in [5.41, 5.74) is 0.822. The minimum absolute atomic E-state index is 0.307. The number of hydrogen-bond donors (Lipinski definition) is 0. The summed E-state index contributed by atoms with van der Waals surface area (Å²) in [7, 11) is 0. The maximum absolute atomic E-state index is 13.0. The number of thioether (sulfide) groups is 1. The van der Waals surface area contributed by atoms with Crippen LogP contribution in [0, 0.1) is 0 Å². The normalized spacial score (nSPS) is 22.2. The molecule has 2 atom stereocenters. The van der Waals surface area contributed by atoms with Gasteiger partial charge in [0, 0.05) is 6.42 Å². The lowest BCUT2D eigenvalue weighted by molar-refractivity contribution is -0.152. The van der Waals surface area contributed by atoms with Gasteiger partial charge in [-0.2, -0.15) is 0 Å². The third-order valence-electron chi connectivity index (χ3n) is 4.17. The predicted octanol–water partition coefficient (Wildman–Crippen LogP) is 4.02. The second-order valence-electron chi connectivity index (χ2n) is 5.80. The third-order valence-corrected chi connectivity index (χ3v) is 4.70. The molecule has 0 N–H and O–H groups in total. The van der Waals surface area contributed by atoms with E-state index >= 15 is 0 Å². The first-order valence-corrected chi connectivity index (χ1v) is 9.48. The van der Waals surface area contributed by atoms with E-state index in [9.17, 15) is 4.79 Å². The molecule has 0 aromatic heterocycles. The van der Waals surface area contributed by atoms with Gasteiger partial charge in [-0.15, -0.1) is 0 Å². The van der Waals surface area contributed by atoms with Crippen LogP contribution in [-0.2, 0) is 20.7 Å². The van der Waals surface area contributed by atoms with Gasteiger partial charge >= 0.3 is 5.97 Å². The first kappa shape index (κ1) is 17.5. The molecule has 0 aliphatic carbocycles. The number of benzene rings is 2. The zero-order chi connectivity index (χ0) is 17.7. The zero-order valence-electron chi connectivity index (χ0n) is 14.3. The van der Waals surface area contributed by atoms with E-state index in [-0.39, 0.29) is 5.97 Å². The summed E-state index contributed by atoms with van der Waals surface area (Å²) in [5, 5.41) is 0.512. The van der Waals surface area contributed by atoms with E-state index in [0.29, 0.717) is 18.3 Å². The zero-order valence-corrected chi connectivity index (χ0v) is 15.2. The average Bonchev–Trinajstić information content (AvgIpc) is 3.03. The molecule has 0 saturated carbocycles. The first-order valence-electron chi connectivity index (χ1n) is 8.26. The molecule has 0 amide bonds. The van der Waals surface area contributed by atoms with Crippen LogP contribution < -0.4 is 0 Å². The second-order valence-corrected chi connectivity index (χ2v) is 6.55. The highest BCUT2D eigenvalue weighted by Crippen LogP contribution is 2.43. The Hall–Kier alpha value is -2.27. The molecule has 1 aliphatic heterocycles. The van der Waals surface area contributed by atoms with Gasteiger partial charge in [0.2, 0.25) is 10.8 Å². The number of rotatable bonds is 5. The van der Waals surface area contributed by atoms with Gasteiger partial charge in [-0.05, 0) is 24.3 Å². The molecule has 0 bridgehead atoms. The SMILES string of the molecule is CCOC(=O)[C@@]1(Cc2ccccc2)N=C(SC)O[C@@H]1c1ccccc1. The van der Waals surface area contributed by atoms with E-state index in [4.69, 9.17) is 14.5 Å². The van der Waals surface area contributed by atoms with E-state index < -0.39 is 11.6 Å². The summed E-state index contributed by atoms with van der Waals surface area (Å²) < 4.78 is 11.5. The molecule has 2 aromatic rings. The quantitative estimate of drug-likeness (QED) is 0.760. The standard InChI is InChI=1S/C20H21NO3S/c1-3-23-18(22)20(14-15-10-6-4-7-11-15)17(24-19(21-20)25-2)16-12-8-5-9-13-16/h4-13,17H,3,14H2,1-2H3/t17-,20+/m1/s1. The predicted molar refractivity (Wildman–Crippen MR) is 101 cm³/mol. The number of nitrogens with zero attached hydrogens (tertiary/aromatic N) is 1. The molecular weight excluding hydrogens is 334 g/mol. The summed E-state index contributed by atoms with van der Waals surface area (Å²) >= 11 is 1.40. The van der Waals surface area contributed by atoms with Gasteiger partial charge in [0.15, 0.2) is 6.10 Å². The molecule has 0 unspecified atom stereocenters. The Morgan fingerprint density at radius 2 is 1.80 bits per heavy atom. The fourth-order valence-corrected chi connectivity index (χ4v) is 3.48. The fraction of sp³-hybridized carbons (Fsp3) is 0.300. The number of ether oxygens (including phenoxy) is 2. The lowest BCUT2D eigenvalue weighted by atomic mass is 9.83. The van der Waals surface area contributed by atoms with Crippen LogP contribution in [0.1, 0.15) is 24.2 Å². The van der Waals surface area contributed by atoms with Crippen LogP contribution in [0.4, 0.5) is 0 Å². The van der Waals surface area contributed by atoms with Crippen LogP contribution in [0.25, 0.3) is 0 Å². The van der Waals surface area contributed by atoms with Crippen LogP contribution in [-0.4, -0.2) is 29.6 Å². The molecule has 0 fully saturated rings. The molecule has 0 radical (unpaired) electrons. The largest absolute Gasteiger partial charge is 0.464 e. The lowest BCUT2D eigenvalue weighted by Gasteiger charge is -2.29. The van der Waals surface area contributed by atoms with Crippen molar-refractivity contribution in [3.63, 3.8) is 0 Å². The van der Waals surface area contributed by atoms with Crippen molar-refractivity contribution in [2.75, 3.05) is 12.9 Å². The smallest absolute Gasteiger partial charge is 0.338 e. The Labute approximate surface area is 152 Å². The van der Waals surface area contributed by atoms with E-state index in [1.807, 2.05) is 66.9 Å². The molecule has 3 rings (SSSR count). The minimum atomic E-state index is -1.11. The van der Waals surface area contributed by atoms with Crippen molar-refractivity contribution in [3.05, 3.63) is 71.8 Å². The summed E-state index contributed by atoms with van der Waals surface area (Å²) in [6.45, 7) is 2.11. The molecular formula is C20H21NO3S. The highest BCUT2D eigenvalue weighted by atomic mass is 32.2. The molecule has 0 spiro atoms. The molecule has 0 saturated heterocycles. The van der Waals surface area contributed by atoms with Crippen molar-refractivity contribution in [1.82, 2.24) is 0 Å². The van der Waals surface area contributed by atoms with E-state index in [2.05, 4.69) is 0 Å². The maximum atomic E-state index is 13.0. The van der Waals surface area contributed by atoms with Crippen LogP contribution in [0.2, 0.25) is 0 Å². The molecule has 1 aliphatic rings. The Bertz CT molecular complexity index is 748. The van der Waals surface area contributed by atoms with Gasteiger partial charge in [-0.25, -0.2) is 9.79 Å². The van der Waals surface area contributed by atoms with Crippen molar-refractivity contribution >= 4 is 23.0 Å². The number of carbonyl (C=O) groups excluding carboxylic acids is 1. The summed E-state index contributed by atoms with van der Waals surface area (Å²) in [4.78, 5) is 17.7. The van der Waals surface area contributed by atoms with Crippen LogP contribution >= 0.6 is 11.8 Å². The number of carbonyl (C=O) groups is 1. The van der Waals surface area contributed by atoms with Crippen molar-refractivity contribution in [3.8, 4) is 0 Å². The molecule has 1 heterocycles. The molecule has 2 aromatic carbocycles. The van der Waals surface area contributed by atoms with Gasteiger partial charge in [-0.1, -0.05) is 72.4 Å². The van der Waals surface area contributed by atoms with Gasteiger partial charge in [0.05, 0.1) is 6.61 Å². The maximum Gasteiger partial charge on any atom is 0.338 e. The molecule has 25 heavy (non-hydrogen) atoms. The topological polar surface area (TPSA) is 47.9 Å². The van der Waals surface area contributed by atoms with Gasteiger partial charge < -0.3 is 9.47 Å². The van der Waals surface area contributed by atoms with E-state index in [0.717, 1.165) is 11.1 Å². The highest BCUT2D eigenvalue weighted by molar-refractivity contribution is 8.12. The van der Waals surface area contributed by atoms with Crippen molar-refractivity contribution in [1.29, 1.82) is 0 Å². The fourth-order valence-electron chi connectivity index (χ4n) is 3.03. The van der Waals surface area contributed by atoms with Gasteiger partial charge in [-0.3, -0.25) is 0 Å². The van der Waals surface area contributed by atoms with Gasteiger partial charge in [0.1, 0.15) is 0 Å². The second kappa shape index (κ2) is 7.74. The van der Waals surface area contributed by atoms with E-state index in [1.54, 1.807) is 6.92 Å². The van der Waals surface area contributed by atoms with Crippen LogP contribution in [0.5, 0.6) is 0 Å². The van der Waals surface area contributed by atoms with Crippen molar-refractivity contribution < 1.29 is 14.3 Å². The number of esters is 1.